The zero-order chi connectivity index (χ0) is 11.8. The highest BCUT2D eigenvalue weighted by Gasteiger charge is 2.15. The van der Waals surface area contributed by atoms with E-state index in [0.717, 1.165) is 11.8 Å². The Morgan fingerprint density at radius 3 is 2.53 bits per heavy atom. The third-order valence-corrected chi connectivity index (χ3v) is 2.34. The largest absolute Gasteiger partial charge is 0.480 e. The Morgan fingerprint density at radius 1 is 1.47 bits per heavy atom. The maximum absolute atomic E-state index is 11.1. The van der Waals surface area contributed by atoms with E-state index in [1.54, 1.807) is 0 Å². The first-order chi connectivity index (χ1) is 6.97. The lowest BCUT2D eigenvalue weighted by molar-refractivity contribution is -0.138. The van der Waals surface area contributed by atoms with E-state index in [9.17, 15) is 14.4 Å². The van der Waals surface area contributed by atoms with Crippen molar-refractivity contribution in [2.45, 2.75) is 6.04 Å². The lowest BCUT2D eigenvalue weighted by Gasteiger charge is -2.09. The summed E-state index contributed by atoms with van der Waals surface area (Å²) < 4.78 is 0. The fourth-order valence-electron chi connectivity index (χ4n) is 0.607. The molecule has 1 atom stereocenters. The number of carbonyl (C=O) groups is 3. The predicted molar refractivity (Wildman–Crippen MR) is 55.5 cm³/mol. The lowest BCUT2D eigenvalue weighted by Crippen LogP contribution is -2.44. The first kappa shape index (κ1) is 13.7. The molecule has 0 aromatic carbocycles. The van der Waals surface area contributed by atoms with E-state index in [2.05, 4.69) is 10.6 Å². The highest BCUT2D eigenvalue weighted by Crippen LogP contribution is 2.02. The number of amides is 2. The summed E-state index contributed by atoms with van der Waals surface area (Å²) in [7, 11) is 1.46. The zero-order valence-corrected chi connectivity index (χ0v) is 8.97. The molecule has 0 aliphatic rings. The molecular formula is C7H13N3O4S. The quantitative estimate of drug-likeness (QED) is 0.464. The van der Waals surface area contributed by atoms with Crippen molar-refractivity contribution in [1.82, 2.24) is 10.6 Å². The van der Waals surface area contributed by atoms with Gasteiger partial charge in [0.05, 0.1) is 6.04 Å². The molecule has 0 saturated heterocycles. The van der Waals surface area contributed by atoms with Crippen molar-refractivity contribution in [2.75, 3.05) is 19.3 Å². The highest BCUT2D eigenvalue weighted by atomic mass is 32.2. The number of hydrogen-bond acceptors (Lipinski definition) is 5. The third kappa shape index (κ3) is 6.75. The van der Waals surface area contributed by atoms with Gasteiger partial charge in [-0.15, -0.1) is 0 Å². The molecule has 7 nitrogen and oxygen atoms in total. The van der Waals surface area contributed by atoms with Crippen LogP contribution in [0.1, 0.15) is 0 Å². The molecule has 0 rings (SSSR count). The average Bonchev–Trinajstić information content (AvgIpc) is 2.21. The molecule has 86 valence electrons. The summed E-state index contributed by atoms with van der Waals surface area (Å²) in [5, 5.41) is 12.4. The molecule has 0 aliphatic heterocycles. The van der Waals surface area contributed by atoms with Crippen LogP contribution in [0.25, 0.3) is 0 Å². The van der Waals surface area contributed by atoms with Crippen molar-refractivity contribution in [3.05, 3.63) is 0 Å². The minimum Gasteiger partial charge on any atom is -0.480 e. The fourth-order valence-corrected chi connectivity index (χ4v) is 1.23. The predicted octanol–water partition coefficient (Wildman–Crippen LogP) is -1.41. The van der Waals surface area contributed by atoms with Crippen LogP contribution in [0.4, 0.5) is 4.79 Å². The number of nitrogens with two attached hydrogens (primary N) is 1. The molecular weight excluding hydrogens is 222 g/mol. The zero-order valence-electron chi connectivity index (χ0n) is 8.15. The van der Waals surface area contributed by atoms with Crippen molar-refractivity contribution >= 4 is 28.9 Å². The number of hydrogen-bond donors (Lipinski definition) is 4. The van der Waals surface area contributed by atoms with Crippen LogP contribution in [0.15, 0.2) is 0 Å². The monoisotopic (exact) mass is 235 g/mol. The maximum atomic E-state index is 11.1. The number of thioether (sulfide) groups is 1. The summed E-state index contributed by atoms with van der Waals surface area (Å²) in [6.07, 6.45) is 0. The molecule has 5 N–H and O–H groups in total. The fraction of sp³-hybridized carbons (Fsp3) is 0.571. The van der Waals surface area contributed by atoms with E-state index in [-0.39, 0.29) is 11.0 Å². The Balaban J connectivity index is 3.78. The van der Waals surface area contributed by atoms with Gasteiger partial charge in [0.1, 0.15) is 6.54 Å². The second-order valence-electron chi connectivity index (χ2n) is 2.57. The Kier molecular flexibility index (Phi) is 6.47. The smallest absolute Gasteiger partial charge is 0.322 e. The van der Waals surface area contributed by atoms with Gasteiger partial charge in [0.2, 0.25) is 5.91 Å². The van der Waals surface area contributed by atoms with Crippen LogP contribution in [-0.2, 0) is 9.59 Å². The van der Waals surface area contributed by atoms with Gasteiger partial charge in [-0.1, -0.05) is 11.8 Å². The topological polar surface area (TPSA) is 122 Å². The molecule has 2 amide bonds. The summed E-state index contributed by atoms with van der Waals surface area (Å²) in [4.78, 5) is 32.0. The maximum Gasteiger partial charge on any atom is 0.322 e. The SMILES string of the molecule is CNC(=O)SC[C@@H](N)C(=O)NCC(=O)O. The first-order valence-electron chi connectivity index (χ1n) is 4.07. The van der Waals surface area contributed by atoms with Crippen molar-refractivity contribution in [3.8, 4) is 0 Å². The van der Waals surface area contributed by atoms with Crippen LogP contribution in [-0.4, -0.2) is 47.6 Å². The van der Waals surface area contributed by atoms with Crippen LogP contribution in [0.2, 0.25) is 0 Å². The molecule has 0 unspecified atom stereocenters. The highest BCUT2D eigenvalue weighted by molar-refractivity contribution is 8.13. The molecule has 0 fully saturated rings. The Bertz CT molecular complexity index is 259. The van der Waals surface area contributed by atoms with Gasteiger partial charge in [0.25, 0.3) is 5.24 Å². The summed E-state index contributed by atoms with van der Waals surface area (Å²) in [5.41, 5.74) is 5.40. The van der Waals surface area contributed by atoms with E-state index in [0.29, 0.717) is 0 Å². The average molecular weight is 235 g/mol. The van der Waals surface area contributed by atoms with Gasteiger partial charge in [-0.3, -0.25) is 14.4 Å². The Hall–Kier alpha value is -1.28. The summed E-state index contributed by atoms with van der Waals surface area (Å²) in [6, 6.07) is -0.897. The summed E-state index contributed by atoms with van der Waals surface area (Å²) in [6.45, 7) is -0.475. The molecule has 0 aromatic heterocycles. The number of nitrogens with one attached hydrogen (secondary N) is 2. The molecule has 0 radical (unpaired) electrons. The number of carboxylic acids is 1. The van der Waals surface area contributed by atoms with Gasteiger partial charge in [-0.05, 0) is 0 Å². The van der Waals surface area contributed by atoms with Crippen molar-refractivity contribution in [3.63, 3.8) is 0 Å². The molecule has 0 saturated carbocycles. The Labute approximate surface area is 90.8 Å². The first-order valence-corrected chi connectivity index (χ1v) is 5.05. The Morgan fingerprint density at radius 2 is 2.07 bits per heavy atom. The molecule has 0 spiro atoms. The summed E-state index contributed by atoms with van der Waals surface area (Å²) >= 11 is 0.864. The van der Waals surface area contributed by atoms with E-state index in [1.165, 1.54) is 7.05 Å². The van der Waals surface area contributed by atoms with E-state index in [4.69, 9.17) is 10.8 Å². The molecule has 0 heterocycles. The molecule has 0 aliphatic carbocycles. The van der Waals surface area contributed by atoms with Gasteiger partial charge in [0.15, 0.2) is 0 Å². The minimum atomic E-state index is -1.14. The van der Waals surface area contributed by atoms with Gasteiger partial charge in [-0.25, -0.2) is 0 Å². The minimum absolute atomic E-state index is 0.102. The molecule has 0 bridgehead atoms. The third-order valence-electron chi connectivity index (χ3n) is 1.35. The number of carboxylic acid groups (broad SMARTS) is 1. The van der Waals surface area contributed by atoms with Gasteiger partial charge in [-0.2, -0.15) is 0 Å². The van der Waals surface area contributed by atoms with Crippen molar-refractivity contribution in [2.24, 2.45) is 5.73 Å². The van der Waals surface area contributed by atoms with Crippen LogP contribution >= 0.6 is 11.8 Å². The number of rotatable bonds is 5. The van der Waals surface area contributed by atoms with E-state index >= 15 is 0 Å². The normalized spacial score (nSPS) is 11.6. The van der Waals surface area contributed by atoms with Crippen LogP contribution in [0.5, 0.6) is 0 Å². The van der Waals surface area contributed by atoms with Gasteiger partial charge >= 0.3 is 5.97 Å². The van der Waals surface area contributed by atoms with E-state index < -0.39 is 24.5 Å². The number of aliphatic carboxylic acids is 1. The molecule has 15 heavy (non-hydrogen) atoms. The lowest BCUT2D eigenvalue weighted by atomic mass is 10.3. The van der Waals surface area contributed by atoms with Crippen LogP contribution in [0, 0.1) is 0 Å². The number of carbonyl (C=O) groups excluding carboxylic acids is 2. The molecule has 0 aromatic rings. The molecule has 8 heteroatoms. The summed E-state index contributed by atoms with van der Waals surface area (Å²) in [5.74, 6) is -1.63. The van der Waals surface area contributed by atoms with Crippen LogP contribution in [0.3, 0.4) is 0 Å². The second kappa shape index (κ2) is 7.07. The second-order valence-corrected chi connectivity index (χ2v) is 3.56. The van der Waals surface area contributed by atoms with Gasteiger partial charge in [0, 0.05) is 12.8 Å². The van der Waals surface area contributed by atoms with Gasteiger partial charge < -0.3 is 21.5 Å². The van der Waals surface area contributed by atoms with E-state index in [1.807, 2.05) is 0 Å². The van der Waals surface area contributed by atoms with Crippen molar-refractivity contribution in [1.29, 1.82) is 0 Å². The standard InChI is InChI=1S/C7H13N3O4S/c1-9-7(14)15-3-4(8)6(13)10-2-5(11)12/h4H,2-3,8H2,1H3,(H,9,14)(H,10,13)(H,11,12)/t4-/m1/s1. The van der Waals surface area contributed by atoms with Crippen molar-refractivity contribution < 1.29 is 19.5 Å². The van der Waals surface area contributed by atoms with Crippen LogP contribution < -0.4 is 16.4 Å².